The summed E-state index contributed by atoms with van der Waals surface area (Å²) in [4.78, 5) is 11.7. The minimum Gasteiger partial charge on any atom is -0.305 e. The number of hydrogen-bond acceptors (Lipinski definition) is 2. The standard InChI is InChI=1S/C16H10ClF6N3O/c17-12-7-11(16(21,22)23)5-6-13(12)25-14(27)26-24-8-9-1-3-10(4-2-9)15(18,19)20/h1-8H,(H2,25,26,27)/b24-8+. The fraction of sp³-hybridized carbons (Fsp3) is 0.125. The molecular weight excluding hydrogens is 400 g/mol. The van der Waals surface area contributed by atoms with Crippen LogP contribution in [0, 0.1) is 0 Å². The van der Waals surface area contributed by atoms with Gasteiger partial charge in [-0.15, -0.1) is 0 Å². The van der Waals surface area contributed by atoms with E-state index in [1.54, 1.807) is 0 Å². The van der Waals surface area contributed by atoms with Crippen LogP contribution in [0.5, 0.6) is 0 Å². The van der Waals surface area contributed by atoms with E-state index >= 15 is 0 Å². The van der Waals surface area contributed by atoms with Gasteiger partial charge in [-0.05, 0) is 35.9 Å². The minimum absolute atomic E-state index is 0.0769. The Morgan fingerprint density at radius 1 is 0.926 bits per heavy atom. The Morgan fingerprint density at radius 2 is 1.48 bits per heavy atom. The summed E-state index contributed by atoms with van der Waals surface area (Å²) in [6.07, 6.45) is -7.95. The Hall–Kier alpha value is -2.75. The van der Waals surface area contributed by atoms with E-state index in [0.29, 0.717) is 6.07 Å². The Morgan fingerprint density at radius 3 is 2.00 bits per heavy atom. The van der Waals surface area contributed by atoms with Gasteiger partial charge in [0.05, 0.1) is 28.1 Å². The third kappa shape index (κ3) is 5.88. The molecule has 0 aliphatic carbocycles. The first-order valence-electron chi connectivity index (χ1n) is 7.11. The van der Waals surface area contributed by atoms with Crippen molar-refractivity contribution in [3.8, 4) is 0 Å². The number of nitrogens with zero attached hydrogens (tertiary/aromatic N) is 1. The zero-order chi connectivity index (χ0) is 20.2. The van der Waals surface area contributed by atoms with Crippen LogP contribution in [-0.4, -0.2) is 12.2 Å². The number of anilines is 1. The molecule has 11 heteroatoms. The van der Waals surface area contributed by atoms with Crippen molar-refractivity contribution in [1.29, 1.82) is 0 Å². The fourth-order valence-electron chi connectivity index (χ4n) is 1.87. The number of rotatable bonds is 3. The molecule has 2 rings (SSSR count). The van der Waals surface area contributed by atoms with Crippen molar-refractivity contribution in [2.45, 2.75) is 12.4 Å². The molecule has 0 atom stereocenters. The van der Waals surface area contributed by atoms with Gasteiger partial charge < -0.3 is 5.32 Å². The van der Waals surface area contributed by atoms with Gasteiger partial charge in [-0.3, -0.25) is 0 Å². The molecule has 0 aliphatic heterocycles. The summed E-state index contributed by atoms with van der Waals surface area (Å²) in [5.74, 6) is 0. The summed E-state index contributed by atoms with van der Waals surface area (Å²) >= 11 is 5.69. The molecule has 0 saturated carbocycles. The predicted octanol–water partition coefficient (Wildman–Crippen LogP) is 5.53. The maximum absolute atomic E-state index is 12.5. The molecule has 0 aromatic heterocycles. The van der Waals surface area contributed by atoms with Crippen LogP contribution in [0.25, 0.3) is 0 Å². The topological polar surface area (TPSA) is 53.5 Å². The highest BCUT2D eigenvalue weighted by Crippen LogP contribution is 2.33. The lowest BCUT2D eigenvalue weighted by molar-refractivity contribution is -0.138. The lowest BCUT2D eigenvalue weighted by Crippen LogP contribution is -2.24. The Balaban J connectivity index is 1.95. The lowest BCUT2D eigenvalue weighted by atomic mass is 10.1. The van der Waals surface area contributed by atoms with Crippen molar-refractivity contribution in [2.24, 2.45) is 5.10 Å². The van der Waals surface area contributed by atoms with E-state index in [9.17, 15) is 31.1 Å². The molecule has 4 nitrogen and oxygen atoms in total. The van der Waals surface area contributed by atoms with Crippen LogP contribution in [0.3, 0.4) is 0 Å². The first kappa shape index (κ1) is 20.6. The van der Waals surface area contributed by atoms with Gasteiger partial charge in [-0.2, -0.15) is 31.4 Å². The van der Waals surface area contributed by atoms with E-state index in [-0.39, 0.29) is 16.3 Å². The van der Waals surface area contributed by atoms with E-state index in [1.807, 2.05) is 5.43 Å². The van der Waals surface area contributed by atoms with Crippen molar-refractivity contribution in [2.75, 3.05) is 5.32 Å². The largest absolute Gasteiger partial charge is 0.416 e. The van der Waals surface area contributed by atoms with E-state index < -0.39 is 29.5 Å². The quantitative estimate of drug-likeness (QED) is 0.391. The van der Waals surface area contributed by atoms with Crippen LogP contribution in [0.15, 0.2) is 47.6 Å². The van der Waals surface area contributed by atoms with Crippen molar-refractivity contribution in [3.63, 3.8) is 0 Å². The Bertz CT molecular complexity index is 847. The van der Waals surface area contributed by atoms with Gasteiger partial charge >= 0.3 is 18.4 Å². The van der Waals surface area contributed by atoms with Crippen molar-refractivity contribution >= 4 is 29.5 Å². The molecule has 0 spiro atoms. The second-order valence-electron chi connectivity index (χ2n) is 5.14. The highest BCUT2D eigenvalue weighted by atomic mass is 35.5. The van der Waals surface area contributed by atoms with E-state index in [0.717, 1.165) is 42.6 Å². The number of hydrazone groups is 1. The smallest absolute Gasteiger partial charge is 0.305 e. The highest BCUT2D eigenvalue weighted by Gasteiger charge is 2.31. The van der Waals surface area contributed by atoms with Crippen LogP contribution in [0.4, 0.5) is 36.8 Å². The number of hydrogen-bond donors (Lipinski definition) is 2. The molecule has 0 radical (unpaired) electrons. The summed E-state index contributed by atoms with van der Waals surface area (Å²) < 4.78 is 74.9. The first-order chi connectivity index (χ1) is 12.5. The average molecular weight is 410 g/mol. The van der Waals surface area contributed by atoms with Crippen LogP contribution in [0.1, 0.15) is 16.7 Å². The summed E-state index contributed by atoms with van der Waals surface area (Å²) in [6.45, 7) is 0. The molecule has 0 saturated heterocycles. The lowest BCUT2D eigenvalue weighted by Gasteiger charge is -2.10. The molecule has 2 amide bonds. The van der Waals surface area contributed by atoms with Gasteiger partial charge in [-0.25, -0.2) is 10.2 Å². The van der Waals surface area contributed by atoms with Gasteiger partial charge in [0.2, 0.25) is 0 Å². The van der Waals surface area contributed by atoms with Crippen LogP contribution >= 0.6 is 11.6 Å². The van der Waals surface area contributed by atoms with Gasteiger partial charge in [0.1, 0.15) is 0 Å². The average Bonchev–Trinajstić information content (AvgIpc) is 2.55. The second-order valence-corrected chi connectivity index (χ2v) is 5.54. The maximum Gasteiger partial charge on any atom is 0.416 e. The minimum atomic E-state index is -4.57. The number of alkyl halides is 6. The normalized spacial score (nSPS) is 12.3. The number of carbonyl (C=O) groups is 1. The molecule has 27 heavy (non-hydrogen) atoms. The second kappa shape index (κ2) is 7.87. The number of benzene rings is 2. The van der Waals surface area contributed by atoms with Gasteiger partial charge in [0.15, 0.2) is 0 Å². The van der Waals surface area contributed by atoms with E-state index in [2.05, 4.69) is 10.4 Å². The number of amides is 2. The van der Waals surface area contributed by atoms with Crippen molar-refractivity contribution < 1.29 is 31.1 Å². The fourth-order valence-corrected chi connectivity index (χ4v) is 2.09. The number of urea groups is 1. The van der Waals surface area contributed by atoms with Gasteiger partial charge in [0, 0.05) is 0 Å². The summed E-state index contributed by atoms with van der Waals surface area (Å²) in [5.41, 5.74) is 0.419. The van der Waals surface area contributed by atoms with Crippen LogP contribution in [0.2, 0.25) is 5.02 Å². The first-order valence-corrected chi connectivity index (χ1v) is 7.48. The molecule has 2 N–H and O–H groups in total. The molecule has 2 aromatic rings. The zero-order valence-electron chi connectivity index (χ0n) is 13.1. The summed E-state index contributed by atoms with van der Waals surface area (Å²) in [5, 5.41) is 5.39. The summed E-state index contributed by atoms with van der Waals surface area (Å²) in [6, 6.07) is 5.48. The molecule has 0 heterocycles. The monoisotopic (exact) mass is 409 g/mol. The SMILES string of the molecule is O=C(N/N=C/c1ccc(C(F)(F)F)cc1)Nc1ccc(C(F)(F)F)cc1Cl. The van der Waals surface area contributed by atoms with E-state index in [1.165, 1.54) is 0 Å². The zero-order valence-corrected chi connectivity index (χ0v) is 13.9. The molecule has 2 aromatic carbocycles. The third-order valence-electron chi connectivity index (χ3n) is 3.16. The summed E-state index contributed by atoms with van der Waals surface area (Å²) in [7, 11) is 0. The molecule has 144 valence electrons. The van der Waals surface area contributed by atoms with Gasteiger partial charge in [0.25, 0.3) is 0 Å². The molecule has 0 unspecified atom stereocenters. The molecule has 0 fully saturated rings. The highest BCUT2D eigenvalue weighted by molar-refractivity contribution is 6.33. The number of carbonyl (C=O) groups excluding carboxylic acids is 1. The van der Waals surface area contributed by atoms with Crippen molar-refractivity contribution in [1.82, 2.24) is 5.43 Å². The van der Waals surface area contributed by atoms with Crippen molar-refractivity contribution in [3.05, 3.63) is 64.2 Å². The third-order valence-corrected chi connectivity index (χ3v) is 3.48. The molecule has 0 bridgehead atoms. The number of halogens is 7. The van der Waals surface area contributed by atoms with Crippen LogP contribution < -0.4 is 10.7 Å². The van der Waals surface area contributed by atoms with E-state index in [4.69, 9.17) is 11.6 Å². The molecule has 0 aliphatic rings. The van der Waals surface area contributed by atoms with Gasteiger partial charge in [-0.1, -0.05) is 23.7 Å². The Labute approximate surface area is 153 Å². The maximum atomic E-state index is 12.5. The number of nitrogens with one attached hydrogen (secondary N) is 2. The molecular formula is C16H10ClF6N3O. The van der Waals surface area contributed by atoms with Crippen LogP contribution in [-0.2, 0) is 12.4 Å². The Kier molecular flexibility index (Phi) is 5.99. The predicted molar refractivity (Wildman–Crippen MR) is 87.6 cm³/mol.